The Labute approximate surface area is 35.2 Å². The van der Waals surface area contributed by atoms with Crippen LogP contribution in [0.15, 0.2) is 0 Å². The SMILES string of the molecule is C[C@H](O)[13C](=O)[O-]. The van der Waals surface area contributed by atoms with Crippen molar-refractivity contribution in [3.8, 4) is 0 Å². The maximum Gasteiger partial charge on any atom is 0.0905 e. The first-order valence-electron chi connectivity index (χ1n) is 1.53. The summed E-state index contributed by atoms with van der Waals surface area (Å²) in [6.07, 6.45) is -1.34. The molecule has 0 bridgehead atoms. The van der Waals surface area contributed by atoms with Crippen molar-refractivity contribution in [1.82, 2.24) is 0 Å². The Morgan fingerprint density at radius 2 is 2.17 bits per heavy atom. The number of carbonyl (C=O) groups excluding carboxylic acids is 1. The van der Waals surface area contributed by atoms with Gasteiger partial charge in [0.15, 0.2) is 0 Å². The van der Waals surface area contributed by atoms with Gasteiger partial charge in [0.25, 0.3) is 0 Å². The van der Waals surface area contributed by atoms with E-state index in [9.17, 15) is 9.90 Å². The van der Waals surface area contributed by atoms with E-state index in [1.165, 1.54) is 0 Å². The molecule has 0 aliphatic rings. The smallest absolute Gasteiger partial charge is 0.0905 e. The topological polar surface area (TPSA) is 60.4 Å². The fraction of sp³-hybridized carbons (Fsp3) is 0.667. The number of hydrogen-bond acceptors (Lipinski definition) is 3. The zero-order valence-corrected chi connectivity index (χ0v) is 3.34. The van der Waals surface area contributed by atoms with Crippen LogP contribution in [0.5, 0.6) is 0 Å². The molecule has 0 rings (SSSR count). The molecule has 0 spiro atoms. The first-order chi connectivity index (χ1) is 2.64. The molecule has 6 heavy (non-hydrogen) atoms. The minimum atomic E-state index is -1.44. The molecular weight excluding hydrogens is 85.0 g/mol. The van der Waals surface area contributed by atoms with E-state index in [4.69, 9.17) is 5.11 Å². The van der Waals surface area contributed by atoms with Crippen molar-refractivity contribution in [2.75, 3.05) is 0 Å². The van der Waals surface area contributed by atoms with Gasteiger partial charge in [-0.25, -0.2) is 0 Å². The Balaban J connectivity index is 3.26. The van der Waals surface area contributed by atoms with Crippen LogP contribution < -0.4 is 5.11 Å². The Kier molecular flexibility index (Phi) is 1.60. The lowest BCUT2D eigenvalue weighted by atomic mass is 10.6. The third-order valence-corrected chi connectivity index (χ3v) is 0.341. The molecule has 36 valence electrons. The van der Waals surface area contributed by atoms with E-state index in [0.717, 1.165) is 6.92 Å². The third-order valence-electron chi connectivity index (χ3n) is 0.341. The lowest BCUT2D eigenvalue weighted by molar-refractivity contribution is -0.314. The summed E-state index contributed by atoms with van der Waals surface area (Å²) < 4.78 is 0. The molecule has 0 aliphatic heterocycles. The van der Waals surface area contributed by atoms with Crippen LogP contribution in [0.3, 0.4) is 0 Å². The highest BCUT2D eigenvalue weighted by Gasteiger charge is 1.89. The first kappa shape index (κ1) is 5.43. The van der Waals surface area contributed by atoms with E-state index >= 15 is 0 Å². The van der Waals surface area contributed by atoms with Gasteiger partial charge in [-0.2, -0.15) is 0 Å². The van der Waals surface area contributed by atoms with Gasteiger partial charge in [-0.3, -0.25) is 0 Å². The van der Waals surface area contributed by atoms with Gasteiger partial charge in [0.05, 0.1) is 12.1 Å². The van der Waals surface area contributed by atoms with Gasteiger partial charge < -0.3 is 15.0 Å². The third kappa shape index (κ3) is 1.72. The second-order valence-electron chi connectivity index (χ2n) is 0.995. The first-order valence-corrected chi connectivity index (χ1v) is 1.53. The average Bonchev–Trinajstić information content (AvgIpc) is 1.36. The molecule has 1 N–H and O–H groups in total. The fourth-order valence-corrected chi connectivity index (χ4v) is 0. The van der Waals surface area contributed by atoms with E-state index in [1.807, 2.05) is 0 Å². The summed E-state index contributed by atoms with van der Waals surface area (Å²) in [6, 6.07) is 0. The van der Waals surface area contributed by atoms with E-state index in [-0.39, 0.29) is 0 Å². The van der Waals surface area contributed by atoms with Gasteiger partial charge in [-0.15, -0.1) is 0 Å². The van der Waals surface area contributed by atoms with Crippen molar-refractivity contribution in [2.24, 2.45) is 0 Å². The zero-order valence-electron chi connectivity index (χ0n) is 3.34. The largest absolute Gasteiger partial charge is 0.547 e. The number of carboxylic acid groups (broad SMARTS) is 1. The summed E-state index contributed by atoms with van der Waals surface area (Å²) in [4.78, 5) is 9.34. The van der Waals surface area contributed by atoms with Crippen LogP contribution in [0.25, 0.3) is 0 Å². The summed E-state index contributed by atoms with van der Waals surface area (Å²) >= 11 is 0. The fourth-order valence-electron chi connectivity index (χ4n) is 0. The second-order valence-corrected chi connectivity index (χ2v) is 0.995. The zero-order chi connectivity index (χ0) is 5.15. The Morgan fingerprint density at radius 1 is 2.00 bits per heavy atom. The van der Waals surface area contributed by atoms with Gasteiger partial charge in [0.1, 0.15) is 0 Å². The van der Waals surface area contributed by atoms with E-state index in [1.54, 1.807) is 0 Å². The summed E-state index contributed by atoms with van der Waals surface area (Å²) in [5.41, 5.74) is 0. The number of aliphatic carboxylic acids is 1. The molecule has 3 heteroatoms. The standard InChI is InChI=1S/C3H6O3/c1-2(4)3(5)6/h2,4H,1H3,(H,5,6)/p-1/t2-/m0/s1/i3+1. The number of aliphatic hydroxyl groups excluding tert-OH is 1. The molecule has 0 saturated carbocycles. The van der Waals surface area contributed by atoms with Crippen LogP contribution in [0.1, 0.15) is 6.92 Å². The molecule has 0 aromatic heterocycles. The quantitative estimate of drug-likeness (QED) is 0.383. The molecule has 0 aliphatic carbocycles. The minimum Gasteiger partial charge on any atom is -0.547 e. The van der Waals surface area contributed by atoms with Crippen LogP contribution in [-0.2, 0) is 4.79 Å². The predicted octanol–water partition coefficient (Wildman–Crippen LogP) is -1.88. The molecule has 0 unspecified atom stereocenters. The molecule has 0 heterocycles. The van der Waals surface area contributed by atoms with Gasteiger partial charge in [0.2, 0.25) is 0 Å². The summed E-state index contributed by atoms with van der Waals surface area (Å²) in [6.45, 7) is 1.13. The monoisotopic (exact) mass is 90.0 g/mol. The van der Waals surface area contributed by atoms with Crippen LogP contribution in [0, 0.1) is 0 Å². The van der Waals surface area contributed by atoms with Crippen LogP contribution >= 0.6 is 0 Å². The van der Waals surface area contributed by atoms with E-state index < -0.39 is 12.1 Å². The van der Waals surface area contributed by atoms with Gasteiger partial charge in [-0.1, -0.05) is 0 Å². The summed E-state index contributed by atoms with van der Waals surface area (Å²) in [5.74, 6) is -1.44. The highest BCUT2D eigenvalue weighted by Crippen LogP contribution is 1.69. The van der Waals surface area contributed by atoms with E-state index in [0.29, 0.717) is 0 Å². The second kappa shape index (κ2) is 1.77. The average molecular weight is 90.1 g/mol. The molecule has 3 nitrogen and oxygen atoms in total. The predicted molar refractivity (Wildman–Crippen MR) is 16.7 cm³/mol. The lowest BCUT2D eigenvalue weighted by Crippen LogP contribution is -2.32. The Morgan fingerprint density at radius 3 is 2.17 bits per heavy atom. The number of aliphatic hydroxyl groups is 1. The summed E-state index contributed by atoms with van der Waals surface area (Å²) in [7, 11) is 0. The molecule has 0 radical (unpaired) electrons. The maximum atomic E-state index is 9.34. The van der Waals surface area contributed by atoms with Crippen molar-refractivity contribution in [1.29, 1.82) is 0 Å². The van der Waals surface area contributed by atoms with Gasteiger partial charge in [-0.05, 0) is 6.92 Å². The highest BCUT2D eigenvalue weighted by molar-refractivity contribution is 5.68. The molecule has 0 fully saturated rings. The lowest BCUT2D eigenvalue weighted by Gasteiger charge is -2.00. The Hall–Kier alpha value is -0.570. The number of hydrogen-bond donors (Lipinski definition) is 1. The van der Waals surface area contributed by atoms with Crippen molar-refractivity contribution in [3.63, 3.8) is 0 Å². The van der Waals surface area contributed by atoms with Crippen molar-refractivity contribution < 1.29 is 15.0 Å². The number of carbonyl (C=O) groups is 1. The van der Waals surface area contributed by atoms with Gasteiger partial charge in [0, 0.05) is 0 Å². The Bertz CT molecular complexity index is 57.1. The maximum absolute atomic E-state index is 9.34. The van der Waals surface area contributed by atoms with Crippen LogP contribution in [-0.4, -0.2) is 17.2 Å². The minimum absolute atomic E-state index is 1.13. The molecule has 1 atom stereocenters. The molecule has 0 saturated heterocycles. The normalized spacial score (nSPS) is 13.7. The van der Waals surface area contributed by atoms with Gasteiger partial charge >= 0.3 is 0 Å². The van der Waals surface area contributed by atoms with E-state index in [2.05, 4.69) is 0 Å². The van der Waals surface area contributed by atoms with Crippen LogP contribution in [0.2, 0.25) is 0 Å². The molecule has 0 aromatic rings. The molecule has 0 aromatic carbocycles. The van der Waals surface area contributed by atoms with Crippen molar-refractivity contribution >= 4 is 5.97 Å². The molecular formula is C3H5O3-. The highest BCUT2D eigenvalue weighted by atomic mass is 16.5. The van der Waals surface area contributed by atoms with Crippen molar-refractivity contribution in [3.05, 3.63) is 0 Å². The number of carboxylic acids is 1. The van der Waals surface area contributed by atoms with Crippen molar-refractivity contribution in [2.45, 2.75) is 13.0 Å². The molecule has 0 amide bonds. The van der Waals surface area contributed by atoms with Crippen LogP contribution in [0.4, 0.5) is 0 Å². The summed E-state index contributed by atoms with van der Waals surface area (Å²) in [5, 5.41) is 17.3. The number of rotatable bonds is 1.